The Morgan fingerprint density at radius 2 is 2.13 bits per heavy atom. The third-order valence-corrected chi connectivity index (χ3v) is 6.30. The number of carbonyl (C=O) groups excluding carboxylic acids is 1. The molecule has 0 bridgehead atoms. The fourth-order valence-corrected chi connectivity index (χ4v) is 4.72. The number of aromatic hydroxyl groups is 1. The molecule has 1 atom stereocenters. The molecule has 3 aromatic rings. The number of hydrogen-bond acceptors (Lipinski definition) is 5. The molecule has 0 amide bonds. The van der Waals surface area contributed by atoms with E-state index in [1.54, 1.807) is 18.2 Å². The van der Waals surface area contributed by atoms with Gasteiger partial charge in [-0.1, -0.05) is 22.9 Å². The molecule has 1 saturated heterocycles. The highest BCUT2D eigenvalue weighted by Gasteiger charge is 2.32. The number of allylic oxidation sites excluding steroid dienone is 1. The number of fused-ring (bicyclic) bond motifs is 2. The van der Waals surface area contributed by atoms with Crippen LogP contribution < -0.4 is 4.74 Å². The van der Waals surface area contributed by atoms with Crippen LogP contribution >= 0.6 is 15.9 Å². The number of benzene rings is 2. The summed E-state index contributed by atoms with van der Waals surface area (Å²) in [5, 5.41) is 11.4. The Labute approximate surface area is 183 Å². The van der Waals surface area contributed by atoms with E-state index in [9.17, 15) is 9.90 Å². The number of furan rings is 1. The summed E-state index contributed by atoms with van der Waals surface area (Å²) >= 11 is 3.45. The molecule has 30 heavy (non-hydrogen) atoms. The molecule has 2 aromatic carbocycles. The molecule has 0 unspecified atom stereocenters. The quantitative estimate of drug-likeness (QED) is 0.496. The molecular formula is C24H22BrNO4. The summed E-state index contributed by atoms with van der Waals surface area (Å²) in [6.07, 6.45) is 4.00. The fraction of sp³-hybridized carbons (Fsp3) is 0.292. The monoisotopic (exact) mass is 467 g/mol. The minimum Gasteiger partial charge on any atom is -0.507 e. The van der Waals surface area contributed by atoms with Crippen LogP contribution in [0.25, 0.3) is 17.0 Å². The van der Waals surface area contributed by atoms with Crippen molar-refractivity contribution in [2.75, 3.05) is 13.1 Å². The summed E-state index contributed by atoms with van der Waals surface area (Å²) in [7, 11) is 0. The van der Waals surface area contributed by atoms with Crippen LogP contribution in [-0.4, -0.2) is 28.9 Å². The average molecular weight is 468 g/mol. The van der Waals surface area contributed by atoms with Crippen LogP contribution in [0, 0.1) is 5.92 Å². The lowest BCUT2D eigenvalue weighted by atomic mass is 9.99. The van der Waals surface area contributed by atoms with Gasteiger partial charge in [0.2, 0.25) is 5.78 Å². The zero-order chi connectivity index (χ0) is 20.8. The van der Waals surface area contributed by atoms with Gasteiger partial charge in [-0.3, -0.25) is 9.69 Å². The van der Waals surface area contributed by atoms with E-state index in [4.69, 9.17) is 9.15 Å². The maximum absolute atomic E-state index is 12.9. The van der Waals surface area contributed by atoms with Crippen molar-refractivity contribution in [2.24, 2.45) is 5.92 Å². The first-order valence-corrected chi connectivity index (χ1v) is 11.0. The first kappa shape index (κ1) is 19.4. The molecule has 154 valence electrons. The van der Waals surface area contributed by atoms with Crippen LogP contribution in [0.1, 0.15) is 41.4 Å². The van der Waals surface area contributed by atoms with Crippen molar-refractivity contribution < 1.29 is 19.1 Å². The van der Waals surface area contributed by atoms with Gasteiger partial charge in [0.25, 0.3) is 0 Å². The van der Waals surface area contributed by atoms with Gasteiger partial charge in [0.1, 0.15) is 22.8 Å². The molecule has 1 aromatic heterocycles. The maximum atomic E-state index is 12.9. The maximum Gasteiger partial charge on any atom is 0.232 e. The van der Waals surface area contributed by atoms with Crippen molar-refractivity contribution in [1.29, 1.82) is 0 Å². The smallest absolute Gasteiger partial charge is 0.232 e. The zero-order valence-electron chi connectivity index (χ0n) is 16.7. The number of piperidine rings is 1. The highest BCUT2D eigenvalue weighted by molar-refractivity contribution is 9.10. The Morgan fingerprint density at radius 1 is 1.27 bits per heavy atom. The lowest BCUT2D eigenvalue weighted by Crippen LogP contribution is -2.33. The van der Waals surface area contributed by atoms with Crippen molar-refractivity contribution in [1.82, 2.24) is 4.90 Å². The SMILES string of the molecule is C[C@H]1CCCN(Cc2c(O)ccc3c2O/C(=C\c2cc4cc(Br)ccc4o2)C3=O)C1. The summed E-state index contributed by atoms with van der Waals surface area (Å²) in [5.74, 6) is 1.82. The molecule has 5 rings (SSSR count). The first-order valence-electron chi connectivity index (χ1n) is 10.2. The number of halogens is 1. The average Bonchev–Trinajstić information content (AvgIpc) is 3.25. The lowest BCUT2D eigenvalue weighted by Gasteiger charge is -2.31. The summed E-state index contributed by atoms with van der Waals surface area (Å²) in [6, 6.07) is 10.8. The molecule has 0 radical (unpaired) electrons. The van der Waals surface area contributed by atoms with E-state index in [2.05, 4.69) is 27.8 Å². The van der Waals surface area contributed by atoms with Gasteiger partial charge >= 0.3 is 0 Å². The second kappa shape index (κ2) is 7.60. The van der Waals surface area contributed by atoms with Crippen molar-refractivity contribution in [3.8, 4) is 11.5 Å². The van der Waals surface area contributed by atoms with Gasteiger partial charge in [-0.25, -0.2) is 0 Å². The Hall–Kier alpha value is -2.57. The van der Waals surface area contributed by atoms with Crippen molar-refractivity contribution in [3.63, 3.8) is 0 Å². The van der Waals surface area contributed by atoms with E-state index in [-0.39, 0.29) is 17.3 Å². The molecule has 5 nitrogen and oxygen atoms in total. The molecule has 2 aliphatic rings. The first-order chi connectivity index (χ1) is 14.5. The molecule has 0 saturated carbocycles. The van der Waals surface area contributed by atoms with E-state index >= 15 is 0 Å². The molecule has 2 aliphatic heterocycles. The molecular weight excluding hydrogens is 446 g/mol. The Bertz CT molecular complexity index is 1180. The number of carbonyl (C=O) groups is 1. The van der Waals surface area contributed by atoms with Gasteiger partial charge in [-0.2, -0.15) is 0 Å². The zero-order valence-corrected chi connectivity index (χ0v) is 18.2. The van der Waals surface area contributed by atoms with Gasteiger partial charge in [0.05, 0.1) is 11.1 Å². The lowest BCUT2D eigenvalue weighted by molar-refractivity contribution is 0.101. The number of phenols is 1. The highest BCUT2D eigenvalue weighted by atomic mass is 79.9. The number of nitrogens with zero attached hydrogens (tertiary/aromatic N) is 1. The van der Waals surface area contributed by atoms with Crippen LogP contribution in [0.3, 0.4) is 0 Å². The summed E-state index contributed by atoms with van der Waals surface area (Å²) in [5.41, 5.74) is 1.90. The number of ether oxygens (including phenoxy) is 1. The third-order valence-electron chi connectivity index (χ3n) is 5.81. The van der Waals surface area contributed by atoms with Gasteiger partial charge in [0, 0.05) is 29.0 Å². The van der Waals surface area contributed by atoms with Crippen molar-refractivity contribution in [3.05, 3.63) is 63.5 Å². The minimum atomic E-state index is -0.195. The third kappa shape index (κ3) is 3.55. The largest absolute Gasteiger partial charge is 0.507 e. The summed E-state index contributed by atoms with van der Waals surface area (Å²) in [6.45, 7) is 4.78. The number of likely N-dealkylation sites (tertiary alicyclic amines) is 1. The van der Waals surface area contributed by atoms with Crippen molar-refractivity contribution in [2.45, 2.75) is 26.3 Å². The molecule has 0 aliphatic carbocycles. The number of Topliss-reactive ketones (excluding diaryl/α,β-unsaturated/α-hetero) is 1. The second-order valence-electron chi connectivity index (χ2n) is 8.19. The fourth-order valence-electron chi connectivity index (χ4n) is 4.34. The van der Waals surface area contributed by atoms with Crippen LogP contribution in [-0.2, 0) is 6.54 Å². The van der Waals surface area contributed by atoms with E-state index in [0.29, 0.717) is 35.1 Å². The molecule has 1 N–H and O–H groups in total. The van der Waals surface area contributed by atoms with Crippen LogP contribution in [0.2, 0.25) is 0 Å². The van der Waals surface area contributed by atoms with Gasteiger partial charge in [-0.05, 0) is 61.7 Å². The predicted octanol–water partition coefficient (Wildman–Crippen LogP) is 5.75. The van der Waals surface area contributed by atoms with E-state index in [1.807, 2.05) is 24.3 Å². The van der Waals surface area contributed by atoms with Crippen LogP contribution in [0.5, 0.6) is 11.5 Å². The van der Waals surface area contributed by atoms with Gasteiger partial charge < -0.3 is 14.3 Å². The normalized spacial score (nSPS) is 20.7. The minimum absolute atomic E-state index is 0.162. The molecule has 1 fully saturated rings. The summed E-state index contributed by atoms with van der Waals surface area (Å²) in [4.78, 5) is 15.3. The van der Waals surface area contributed by atoms with Crippen LogP contribution in [0.15, 0.2) is 51.0 Å². The molecule has 3 heterocycles. The summed E-state index contributed by atoms with van der Waals surface area (Å²) < 4.78 is 12.8. The Kier molecular flexibility index (Phi) is 4.91. The van der Waals surface area contributed by atoms with Crippen LogP contribution in [0.4, 0.5) is 0 Å². The number of ketones is 1. The standard InChI is InChI=1S/C24H22BrNO4/c1-14-3-2-8-26(12-14)13-19-20(27)6-5-18-23(28)22(30-24(18)19)11-17-10-15-9-16(25)4-7-21(15)29-17/h4-7,9-11,14,27H,2-3,8,12-13H2,1H3/b22-11-/t14-/m0/s1. The molecule has 6 heteroatoms. The number of hydrogen-bond donors (Lipinski definition) is 1. The van der Waals surface area contributed by atoms with Gasteiger partial charge in [-0.15, -0.1) is 0 Å². The van der Waals surface area contributed by atoms with E-state index < -0.39 is 0 Å². The van der Waals surface area contributed by atoms with Crippen molar-refractivity contribution >= 4 is 38.8 Å². The van der Waals surface area contributed by atoms with E-state index in [0.717, 1.165) is 35.0 Å². The molecule has 0 spiro atoms. The van der Waals surface area contributed by atoms with Gasteiger partial charge in [0.15, 0.2) is 5.76 Å². The Balaban J connectivity index is 1.46. The number of rotatable bonds is 3. The van der Waals surface area contributed by atoms with E-state index in [1.165, 1.54) is 6.42 Å². The predicted molar refractivity (Wildman–Crippen MR) is 119 cm³/mol. The topological polar surface area (TPSA) is 62.9 Å². The second-order valence-corrected chi connectivity index (χ2v) is 9.11. The number of phenolic OH excluding ortho intramolecular Hbond substituents is 1. The highest BCUT2D eigenvalue weighted by Crippen LogP contribution is 2.40. The Morgan fingerprint density at radius 3 is 2.97 bits per heavy atom.